The van der Waals surface area contributed by atoms with Gasteiger partial charge in [0, 0.05) is 24.9 Å². The molecule has 0 radical (unpaired) electrons. The van der Waals surface area contributed by atoms with Gasteiger partial charge in [-0.25, -0.2) is 9.59 Å². The van der Waals surface area contributed by atoms with Gasteiger partial charge in [0.1, 0.15) is 6.61 Å². The van der Waals surface area contributed by atoms with E-state index in [1.54, 1.807) is 26.8 Å². The minimum Gasteiger partial charge on any atom is -0.460 e. The van der Waals surface area contributed by atoms with E-state index in [1.807, 2.05) is 0 Å². The number of hydrogen-bond donors (Lipinski definition) is 1. The summed E-state index contributed by atoms with van der Waals surface area (Å²) in [6.07, 6.45) is -0.399. The van der Waals surface area contributed by atoms with Crippen LogP contribution in [0.3, 0.4) is 0 Å². The highest BCUT2D eigenvalue weighted by atomic mass is 16.6. The number of carbonyl (C=O) groups is 2. The highest BCUT2D eigenvalue weighted by Gasteiger charge is 2.38. The predicted molar refractivity (Wildman–Crippen MR) is 103 cm³/mol. The molecule has 0 aliphatic carbocycles. The smallest absolute Gasteiger partial charge is 0.355 e. The highest BCUT2D eigenvalue weighted by molar-refractivity contribution is 6.40. The standard InChI is InChI=1S/C19H23N3O7/c1-11(2)29-18(23)15-12(3)20-21-17(19(24)28-9-8-27-4)16(15)13-6-5-7-14(10-13)22(25)26/h5-7,10-11,16,20H,8-9H2,1-4H3. The van der Waals surface area contributed by atoms with E-state index < -0.39 is 28.9 Å². The molecule has 0 amide bonds. The van der Waals surface area contributed by atoms with Crippen LogP contribution in [0.25, 0.3) is 0 Å². The second kappa shape index (κ2) is 9.78. The fraction of sp³-hybridized carbons (Fsp3) is 0.421. The molecule has 1 aliphatic rings. The second-order valence-corrected chi connectivity index (χ2v) is 6.52. The normalized spacial score (nSPS) is 16.2. The molecular formula is C19H23N3O7. The third-order valence-corrected chi connectivity index (χ3v) is 4.02. The van der Waals surface area contributed by atoms with E-state index in [9.17, 15) is 19.7 Å². The van der Waals surface area contributed by atoms with Crippen molar-refractivity contribution in [2.75, 3.05) is 20.3 Å². The Labute approximate surface area is 167 Å². The Bertz CT molecular complexity index is 861. The van der Waals surface area contributed by atoms with Crippen molar-refractivity contribution in [1.82, 2.24) is 5.43 Å². The molecule has 0 aromatic heterocycles. The maximum absolute atomic E-state index is 12.8. The Hall–Kier alpha value is -3.27. The number of nitrogens with zero attached hydrogens (tertiary/aromatic N) is 2. The monoisotopic (exact) mass is 405 g/mol. The molecule has 2 rings (SSSR count). The number of methoxy groups -OCH3 is 1. The zero-order valence-electron chi connectivity index (χ0n) is 16.6. The van der Waals surface area contributed by atoms with E-state index in [0.717, 1.165) is 0 Å². The summed E-state index contributed by atoms with van der Waals surface area (Å²) in [5, 5.41) is 15.3. The fourth-order valence-electron chi connectivity index (χ4n) is 2.77. The van der Waals surface area contributed by atoms with Gasteiger partial charge in [0.05, 0.1) is 29.1 Å². The van der Waals surface area contributed by atoms with Crippen molar-refractivity contribution in [2.45, 2.75) is 32.8 Å². The number of rotatable bonds is 8. The number of non-ortho nitro benzene ring substituents is 1. The van der Waals surface area contributed by atoms with Crippen LogP contribution in [0.4, 0.5) is 5.69 Å². The van der Waals surface area contributed by atoms with Gasteiger partial charge in [0.2, 0.25) is 0 Å². The van der Waals surface area contributed by atoms with E-state index in [0.29, 0.717) is 11.3 Å². The lowest BCUT2D eigenvalue weighted by molar-refractivity contribution is -0.384. The number of ether oxygens (including phenoxy) is 3. The molecule has 0 saturated heterocycles. The SMILES string of the molecule is COCCOC(=O)C1=NNC(C)=C(C(=O)OC(C)C)C1c1cccc([N+](=O)[O-])c1. The van der Waals surface area contributed by atoms with Crippen molar-refractivity contribution in [1.29, 1.82) is 0 Å². The van der Waals surface area contributed by atoms with Crippen molar-refractivity contribution in [3.8, 4) is 0 Å². The van der Waals surface area contributed by atoms with Crippen LogP contribution in [0, 0.1) is 10.1 Å². The average molecular weight is 405 g/mol. The molecule has 29 heavy (non-hydrogen) atoms. The number of carbonyl (C=O) groups excluding carboxylic acids is 2. The molecule has 0 fully saturated rings. The molecular weight excluding hydrogens is 382 g/mol. The molecule has 1 N–H and O–H groups in total. The molecule has 1 aromatic carbocycles. The van der Waals surface area contributed by atoms with Crippen LogP contribution in [0.5, 0.6) is 0 Å². The summed E-state index contributed by atoms with van der Waals surface area (Å²) in [5.41, 5.74) is 3.21. The lowest BCUT2D eigenvalue weighted by Gasteiger charge is -2.27. The summed E-state index contributed by atoms with van der Waals surface area (Å²) in [4.78, 5) is 36.0. The lowest BCUT2D eigenvalue weighted by Crippen LogP contribution is -2.36. The Morgan fingerprint density at radius 1 is 1.28 bits per heavy atom. The van der Waals surface area contributed by atoms with E-state index >= 15 is 0 Å². The predicted octanol–water partition coefficient (Wildman–Crippen LogP) is 2.05. The average Bonchev–Trinajstić information content (AvgIpc) is 2.67. The van der Waals surface area contributed by atoms with Crippen molar-refractivity contribution < 1.29 is 28.7 Å². The molecule has 1 heterocycles. The molecule has 1 unspecified atom stereocenters. The zero-order chi connectivity index (χ0) is 21.6. The quantitative estimate of drug-likeness (QED) is 0.301. The van der Waals surface area contributed by atoms with Gasteiger partial charge in [-0.3, -0.25) is 15.5 Å². The minimum atomic E-state index is -0.988. The summed E-state index contributed by atoms with van der Waals surface area (Å²) in [5.74, 6) is -2.41. The number of nitro benzene ring substituents is 1. The third kappa shape index (κ3) is 5.38. The number of allylic oxidation sites excluding steroid dienone is 1. The van der Waals surface area contributed by atoms with Crippen LogP contribution in [-0.4, -0.2) is 49.0 Å². The first kappa shape index (κ1) is 22.0. The van der Waals surface area contributed by atoms with Gasteiger partial charge in [0.15, 0.2) is 5.71 Å². The zero-order valence-corrected chi connectivity index (χ0v) is 16.6. The maximum atomic E-state index is 12.8. The summed E-state index contributed by atoms with van der Waals surface area (Å²) >= 11 is 0. The molecule has 10 nitrogen and oxygen atoms in total. The van der Waals surface area contributed by atoms with E-state index in [4.69, 9.17) is 14.2 Å². The van der Waals surface area contributed by atoms with Crippen LogP contribution >= 0.6 is 0 Å². The number of nitro groups is 1. The number of nitrogens with one attached hydrogen (secondary N) is 1. The number of benzene rings is 1. The summed E-state index contributed by atoms with van der Waals surface area (Å²) in [6, 6.07) is 5.67. The molecule has 0 spiro atoms. The Balaban J connectivity index is 2.51. The van der Waals surface area contributed by atoms with Gasteiger partial charge in [-0.2, -0.15) is 5.10 Å². The largest absolute Gasteiger partial charge is 0.460 e. The summed E-state index contributed by atoms with van der Waals surface area (Å²) in [6.45, 7) is 5.17. The van der Waals surface area contributed by atoms with Gasteiger partial charge in [-0.1, -0.05) is 12.1 Å². The molecule has 1 aromatic rings. The van der Waals surface area contributed by atoms with Crippen molar-refractivity contribution in [3.05, 3.63) is 51.2 Å². The van der Waals surface area contributed by atoms with Crippen LogP contribution < -0.4 is 5.43 Å². The highest BCUT2D eigenvalue weighted by Crippen LogP contribution is 2.33. The Kier molecular flexibility index (Phi) is 7.43. The van der Waals surface area contributed by atoms with Crippen LogP contribution in [0.2, 0.25) is 0 Å². The van der Waals surface area contributed by atoms with Crippen molar-refractivity contribution in [2.24, 2.45) is 5.10 Å². The maximum Gasteiger partial charge on any atom is 0.355 e. The Morgan fingerprint density at radius 2 is 2.00 bits per heavy atom. The number of esters is 2. The van der Waals surface area contributed by atoms with Crippen molar-refractivity contribution in [3.63, 3.8) is 0 Å². The van der Waals surface area contributed by atoms with Gasteiger partial charge < -0.3 is 14.2 Å². The molecule has 156 valence electrons. The molecule has 1 aliphatic heterocycles. The van der Waals surface area contributed by atoms with Crippen LogP contribution in [-0.2, 0) is 23.8 Å². The minimum absolute atomic E-state index is 0.00944. The summed E-state index contributed by atoms with van der Waals surface area (Å²) in [7, 11) is 1.46. The molecule has 1 atom stereocenters. The van der Waals surface area contributed by atoms with Gasteiger partial charge >= 0.3 is 11.9 Å². The van der Waals surface area contributed by atoms with E-state index in [1.165, 1.54) is 25.3 Å². The number of hydrazone groups is 1. The molecule has 0 bridgehead atoms. The van der Waals surface area contributed by atoms with E-state index in [2.05, 4.69) is 10.5 Å². The van der Waals surface area contributed by atoms with Gasteiger partial charge in [-0.15, -0.1) is 0 Å². The number of hydrogen-bond acceptors (Lipinski definition) is 9. The van der Waals surface area contributed by atoms with Crippen LogP contribution in [0.15, 0.2) is 40.6 Å². The van der Waals surface area contributed by atoms with E-state index in [-0.39, 0.29) is 30.2 Å². The third-order valence-electron chi connectivity index (χ3n) is 4.02. The Morgan fingerprint density at radius 3 is 2.62 bits per heavy atom. The first-order valence-electron chi connectivity index (χ1n) is 8.92. The van der Waals surface area contributed by atoms with Gasteiger partial charge in [0.25, 0.3) is 5.69 Å². The fourth-order valence-corrected chi connectivity index (χ4v) is 2.77. The first-order valence-corrected chi connectivity index (χ1v) is 8.92. The summed E-state index contributed by atoms with van der Waals surface area (Å²) < 4.78 is 15.3. The van der Waals surface area contributed by atoms with Crippen LogP contribution in [0.1, 0.15) is 32.3 Å². The molecule has 0 saturated carbocycles. The first-order chi connectivity index (χ1) is 13.8. The lowest BCUT2D eigenvalue weighted by atomic mass is 9.84. The van der Waals surface area contributed by atoms with Crippen molar-refractivity contribution >= 4 is 23.3 Å². The van der Waals surface area contributed by atoms with Gasteiger partial charge in [-0.05, 0) is 26.3 Å². The second-order valence-electron chi connectivity index (χ2n) is 6.52. The topological polar surface area (TPSA) is 129 Å². The molecule has 10 heteroatoms.